The zero-order chi connectivity index (χ0) is 19.2. The zero-order valence-corrected chi connectivity index (χ0v) is 15.8. The molecule has 1 amide bonds. The molecular weight excluding hydrogens is 345 g/mol. The van der Waals surface area contributed by atoms with E-state index in [9.17, 15) is 9.18 Å². The van der Waals surface area contributed by atoms with E-state index in [1.165, 1.54) is 12.1 Å². The predicted octanol–water partition coefficient (Wildman–Crippen LogP) is 3.81. The van der Waals surface area contributed by atoms with Crippen LogP contribution in [0.2, 0.25) is 0 Å². The first kappa shape index (κ1) is 19.1. The molecule has 6 nitrogen and oxygen atoms in total. The fraction of sp³-hybridized carbons (Fsp3) is 0.450. The van der Waals surface area contributed by atoms with Crippen LogP contribution in [0.4, 0.5) is 21.8 Å². The van der Waals surface area contributed by atoms with E-state index >= 15 is 0 Å². The summed E-state index contributed by atoms with van der Waals surface area (Å²) in [5.41, 5.74) is 1.72. The molecule has 27 heavy (non-hydrogen) atoms. The van der Waals surface area contributed by atoms with Gasteiger partial charge in [-0.2, -0.15) is 4.98 Å². The van der Waals surface area contributed by atoms with Crippen molar-refractivity contribution in [2.24, 2.45) is 5.92 Å². The van der Waals surface area contributed by atoms with E-state index in [1.54, 1.807) is 12.1 Å². The smallest absolute Gasteiger partial charge is 0.229 e. The van der Waals surface area contributed by atoms with Gasteiger partial charge in [-0.05, 0) is 43.4 Å². The van der Waals surface area contributed by atoms with Gasteiger partial charge in [0.05, 0.1) is 0 Å². The summed E-state index contributed by atoms with van der Waals surface area (Å²) in [6.07, 6.45) is 4.95. The third-order valence-corrected chi connectivity index (χ3v) is 4.38. The van der Waals surface area contributed by atoms with Gasteiger partial charge >= 0.3 is 0 Å². The highest BCUT2D eigenvalue weighted by Gasteiger charge is 2.27. The Kier molecular flexibility index (Phi) is 6.21. The Bertz CT molecular complexity index is 792. The Hall–Kier alpha value is -2.70. The van der Waals surface area contributed by atoms with Crippen LogP contribution >= 0.6 is 0 Å². The molecule has 3 N–H and O–H groups in total. The van der Waals surface area contributed by atoms with Gasteiger partial charge in [0.1, 0.15) is 11.6 Å². The Morgan fingerprint density at radius 2 is 2.11 bits per heavy atom. The van der Waals surface area contributed by atoms with E-state index in [0.717, 1.165) is 30.6 Å². The monoisotopic (exact) mass is 371 g/mol. The molecule has 0 radical (unpaired) electrons. The topological polar surface area (TPSA) is 78.9 Å². The zero-order valence-electron chi connectivity index (χ0n) is 15.8. The fourth-order valence-corrected chi connectivity index (χ4v) is 2.69. The number of carbonyl (C=O) groups is 1. The molecule has 1 heterocycles. The lowest BCUT2D eigenvalue weighted by molar-refractivity contribution is -0.123. The first-order chi connectivity index (χ1) is 13.0. The average Bonchev–Trinajstić information content (AvgIpc) is 3.46. The molecule has 1 aliphatic carbocycles. The van der Waals surface area contributed by atoms with Crippen LogP contribution in [0.5, 0.6) is 0 Å². The molecule has 144 valence electrons. The number of rotatable bonds is 9. The summed E-state index contributed by atoms with van der Waals surface area (Å²) in [7, 11) is 0. The molecule has 0 saturated heterocycles. The summed E-state index contributed by atoms with van der Waals surface area (Å²) in [5.74, 6) is 1.50. The van der Waals surface area contributed by atoms with E-state index in [-0.39, 0.29) is 17.6 Å². The van der Waals surface area contributed by atoms with Crippen LogP contribution in [-0.2, 0) is 4.79 Å². The second-order valence-electron chi connectivity index (χ2n) is 7.13. The van der Waals surface area contributed by atoms with Gasteiger partial charge in [-0.3, -0.25) is 4.79 Å². The van der Waals surface area contributed by atoms with Crippen LogP contribution in [0, 0.1) is 11.7 Å². The summed E-state index contributed by atoms with van der Waals surface area (Å²) in [4.78, 5) is 20.5. The van der Waals surface area contributed by atoms with Crippen LogP contribution in [0.3, 0.4) is 0 Å². The normalized spacial score (nSPS) is 13.5. The van der Waals surface area contributed by atoms with Gasteiger partial charge in [0.15, 0.2) is 0 Å². The van der Waals surface area contributed by atoms with Crippen molar-refractivity contribution in [2.75, 3.05) is 23.7 Å². The molecule has 1 aliphatic rings. The maximum absolute atomic E-state index is 13.4. The third-order valence-electron chi connectivity index (χ3n) is 4.38. The molecule has 3 rings (SSSR count). The molecule has 0 atom stereocenters. The number of aromatic nitrogens is 2. The van der Waals surface area contributed by atoms with Crippen LogP contribution in [0.1, 0.15) is 44.6 Å². The van der Waals surface area contributed by atoms with Crippen LogP contribution < -0.4 is 16.0 Å². The molecule has 2 aromatic rings. The molecular formula is C20H26FN5O. The minimum Gasteiger partial charge on any atom is -0.370 e. The van der Waals surface area contributed by atoms with E-state index in [2.05, 4.69) is 25.9 Å². The Balaban J connectivity index is 1.59. The van der Waals surface area contributed by atoms with Gasteiger partial charge in [0.25, 0.3) is 0 Å². The summed E-state index contributed by atoms with van der Waals surface area (Å²) in [6.45, 7) is 5.09. The highest BCUT2D eigenvalue weighted by Crippen LogP contribution is 2.42. The number of halogens is 1. The number of benzene rings is 1. The minimum atomic E-state index is -0.309. The van der Waals surface area contributed by atoms with Crippen molar-refractivity contribution in [1.29, 1.82) is 0 Å². The third kappa shape index (κ3) is 5.64. The van der Waals surface area contributed by atoms with Crippen molar-refractivity contribution in [3.8, 4) is 0 Å². The first-order valence-corrected chi connectivity index (χ1v) is 9.44. The van der Waals surface area contributed by atoms with E-state index in [0.29, 0.717) is 30.6 Å². The number of hydrogen-bond acceptors (Lipinski definition) is 5. The first-order valence-electron chi connectivity index (χ1n) is 9.44. The van der Waals surface area contributed by atoms with Crippen molar-refractivity contribution in [3.63, 3.8) is 0 Å². The van der Waals surface area contributed by atoms with Gasteiger partial charge < -0.3 is 16.0 Å². The van der Waals surface area contributed by atoms with E-state index < -0.39 is 0 Å². The van der Waals surface area contributed by atoms with Crippen molar-refractivity contribution >= 4 is 23.4 Å². The molecule has 1 aromatic heterocycles. The molecule has 7 heteroatoms. The second-order valence-corrected chi connectivity index (χ2v) is 7.13. The number of nitrogens with zero attached hydrogens (tertiary/aromatic N) is 2. The summed E-state index contributed by atoms with van der Waals surface area (Å²) in [6, 6.07) is 6.21. The van der Waals surface area contributed by atoms with Crippen LogP contribution in [0.25, 0.3) is 0 Å². The SMILES string of the molecule is CC(C)C(=O)NCCCNc1nc(Nc2cccc(F)c2)ncc1C1CC1. The number of nitrogens with one attached hydrogen (secondary N) is 3. The lowest BCUT2D eigenvalue weighted by atomic mass is 10.2. The minimum absolute atomic E-state index is 0.00208. The van der Waals surface area contributed by atoms with Crippen molar-refractivity contribution < 1.29 is 9.18 Å². The number of anilines is 3. The number of amides is 1. The maximum atomic E-state index is 13.4. The largest absolute Gasteiger partial charge is 0.370 e. The lowest BCUT2D eigenvalue weighted by Gasteiger charge is -2.13. The summed E-state index contributed by atoms with van der Waals surface area (Å²) >= 11 is 0. The Morgan fingerprint density at radius 1 is 1.30 bits per heavy atom. The second kappa shape index (κ2) is 8.79. The Labute approximate surface area is 159 Å². The molecule has 0 spiro atoms. The average molecular weight is 371 g/mol. The predicted molar refractivity (Wildman–Crippen MR) is 105 cm³/mol. The van der Waals surface area contributed by atoms with Crippen LogP contribution in [0.15, 0.2) is 30.5 Å². The maximum Gasteiger partial charge on any atom is 0.229 e. The van der Waals surface area contributed by atoms with Gasteiger partial charge in [0, 0.05) is 36.5 Å². The Morgan fingerprint density at radius 3 is 2.81 bits per heavy atom. The summed E-state index contributed by atoms with van der Waals surface area (Å²) < 4.78 is 13.4. The molecule has 1 fully saturated rings. The van der Waals surface area contributed by atoms with E-state index in [1.807, 2.05) is 20.0 Å². The highest BCUT2D eigenvalue weighted by atomic mass is 19.1. The van der Waals surface area contributed by atoms with Gasteiger partial charge in [0.2, 0.25) is 11.9 Å². The molecule has 0 bridgehead atoms. The molecule has 1 saturated carbocycles. The van der Waals surface area contributed by atoms with Crippen molar-refractivity contribution in [1.82, 2.24) is 15.3 Å². The lowest BCUT2D eigenvalue weighted by Crippen LogP contribution is -2.29. The van der Waals surface area contributed by atoms with Crippen LogP contribution in [-0.4, -0.2) is 29.0 Å². The molecule has 1 aromatic carbocycles. The van der Waals surface area contributed by atoms with Crippen molar-refractivity contribution in [2.45, 2.75) is 39.0 Å². The van der Waals surface area contributed by atoms with Gasteiger partial charge in [-0.15, -0.1) is 0 Å². The fourth-order valence-electron chi connectivity index (χ4n) is 2.69. The van der Waals surface area contributed by atoms with Gasteiger partial charge in [-0.1, -0.05) is 19.9 Å². The van der Waals surface area contributed by atoms with Crippen molar-refractivity contribution in [3.05, 3.63) is 41.8 Å². The quantitative estimate of drug-likeness (QED) is 0.584. The number of carbonyl (C=O) groups excluding carboxylic acids is 1. The highest BCUT2D eigenvalue weighted by molar-refractivity contribution is 5.77. The summed E-state index contributed by atoms with van der Waals surface area (Å²) in [5, 5.41) is 9.31. The number of hydrogen-bond donors (Lipinski definition) is 3. The standard InChI is InChI=1S/C20H26FN5O/c1-13(2)19(27)23-10-4-9-22-18-17(14-7-8-14)12-24-20(26-18)25-16-6-3-5-15(21)11-16/h3,5-6,11-14H,4,7-10H2,1-2H3,(H,23,27)(H2,22,24,25,26). The van der Waals surface area contributed by atoms with Gasteiger partial charge in [-0.25, -0.2) is 9.37 Å². The molecule has 0 unspecified atom stereocenters. The molecule has 0 aliphatic heterocycles. The van der Waals surface area contributed by atoms with E-state index in [4.69, 9.17) is 0 Å².